The van der Waals surface area contributed by atoms with Crippen molar-refractivity contribution in [1.29, 1.82) is 0 Å². The minimum atomic E-state index is -0.314. The van der Waals surface area contributed by atoms with Crippen LogP contribution in [0, 0.1) is 0 Å². The Labute approximate surface area is 84.5 Å². The highest BCUT2D eigenvalue weighted by Crippen LogP contribution is 2.10. The number of ether oxygens (including phenoxy) is 2. The van der Waals surface area contributed by atoms with Crippen molar-refractivity contribution in [3.05, 3.63) is 12.3 Å². The summed E-state index contributed by atoms with van der Waals surface area (Å²) in [5, 5.41) is 0. The molecule has 0 aromatic carbocycles. The fraction of sp³-hybridized carbons (Fsp3) is 0.700. The molecule has 80 valence electrons. The normalized spacial score (nSPS) is 22.7. The quantitative estimate of drug-likeness (QED) is 0.497. The molecule has 1 atom stereocenters. The highest BCUT2D eigenvalue weighted by Gasteiger charge is 2.17. The van der Waals surface area contributed by atoms with Gasteiger partial charge in [-0.05, 0) is 6.42 Å². The van der Waals surface area contributed by atoms with E-state index in [0.717, 1.165) is 26.2 Å². The van der Waals surface area contributed by atoms with Crippen LogP contribution in [-0.4, -0.2) is 43.8 Å². The van der Waals surface area contributed by atoms with Crippen molar-refractivity contribution in [2.45, 2.75) is 19.4 Å². The van der Waals surface area contributed by atoms with Crippen LogP contribution in [-0.2, 0) is 14.3 Å². The molecule has 1 aliphatic heterocycles. The maximum absolute atomic E-state index is 10.9. The van der Waals surface area contributed by atoms with E-state index in [1.54, 1.807) is 6.20 Å². The Morgan fingerprint density at radius 3 is 3.14 bits per heavy atom. The minimum absolute atomic E-state index is 0.314. The van der Waals surface area contributed by atoms with Crippen molar-refractivity contribution in [2.24, 2.45) is 0 Å². The fourth-order valence-corrected chi connectivity index (χ4v) is 1.44. The Kier molecular flexibility index (Phi) is 4.46. The van der Waals surface area contributed by atoms with Gasteiger partial charge < -0.3 is 14.4 Å². The molecule has 0 saturated carbocycles. The van der Waals surface area contributed by atoms with E-state index >= 15 is 0 Å². The number of hydrogen-bond acceptors (Lipinski definition) is 4. The lowest BCUT2D eigenvalue weighted by Gasteiger charge is -2.33. The van der Waals surface area contributed by atoms with Gasteiger partial charge in [-0.3, -0.25) is 0 Å². The van der Waals surface area contributed by atoms with E-state index in [2.05, 4.69) is 16.6 Å². The van der Waals surface area contributed by atoms with Crippen molar-refractivity contribution in [1.82, 2.24) is 4.90 Å². The smallest absolute Gasteiger partial charge is 0.331 e. The first-order valence-electron chi connectivity index (χ1n) is 4.87. The second kappa shape index (κ2) is 5.65. The summed E-state index contributed by atoms with van der Waals surface area (Å²) in [7, 11) is 1.38. The van der Waals surface area contributed by atoms with Gasteiger partial charge in [-0.25, -0.2) is 4.79 Å². The van der Waals surface area contributed by atoms with Gasteiger partial charge >= 0.3 is 5.97 Å². The van der Waals surface area contributed by atoms with Crippen LogP contribution in [0.5, 0.6) is 0 Å². The average Bonchev–Trinajstić information content (AvgIpc) is 2.26. The first kappa shape index (κ1) is 11.0. The summed E-state index contributed by atoms with van der Waals surface area (Å²) in [5.41, 5.74) is 0. The van der Waals surface area contributed by atoms with Crippen LogP contribution >= 0.6 is 0 Å². The minimum Gasteiger partial charge on any atom is -0.466 e. The van der Waals surface area contributed by atoms with E-state index in [9.17, 15) is 4.79 Å². The molecule has 1 heterocycles. The van der Waals surface area contributed by atoms with E-state index in [1.807, 2.05) is 0 Å². The molecule has 0 N–H and O–H groups in total. The summed E-state index contributed by atoms with van der Waals surface area (Å²) in [6, 6.07) is 0.379. The number of nitrogens with zero attached hydrogens (tertiary/aromatic N) is 1. The molecule has 1 aliphatic rings. The average molecular weight is 199 g/mol. The number of carbonyl (C=O) groups excluding carboxylic acids is 1. The third kappa shape index (κ3) is 3.03. The molecule has 1 rings (SSSR count). The highest BCUT2D eigenvalue weighted by molar-refractivity contribution is 5.81. The predicted molar refractivity (Wildman–Crippen MR) is 52.8 cm³/mol. The number of rotatable bonds is 3. The molecule has 1 saturated heterocycles. The Balaban J connectivity index is 2.47. The molecular formula is C10H17NO3. The zero-order chi connectivity index (χ0) is 10.4. The monoisotopic (exact) mass is 199 g/mol. The number of carbonyl (C=O) groups is 1. The summed E-state index contributed by atoms with van der Waals surface area (Å²) in [6.45, 7) is 4.41. The zero-order valence-corrected chi connectivity index (χ0v) is 8.73. The summed E-state index contributed by atoms with van der Waals surface area (Å²) >= 11 is 0. The maximum atomic E-state index is 10.9. The maximum Gasteiger partial charge on any atom is 0.331 e. The molecule has 0 aliphatic carbocycles. The molecule has 4 heteroatoms. The Hall–Kier alpha value is -1.03. The van der Waals surface area contributed by atoms with E-state index in [0.29, 0.717) is 6.04 Å². The molecule has 0 bridgehead atoms. The van der Waals surface area contributed by atoms with Gasteiger partial charge in [0.1, 0.15) is 0 Å². The van der Waals surface area contributed by atoms with Gasteiger partial charge in [-0.2, -0.15) is 0 Å². The van der Waals surface area contributed by atoms with Crippen LogP contribution in [0.2, 0.25) is 0 Å². The van der Waals surface area contributed by atoms with Gasteiger partial charge in [0.05, 0.1) is 26.4 Å². The number of hydrogen-bond donors (Lipinski definition) is 0. The Morgan fingerprint density at radius 2 is 2.50 bits per heavy atom. The van der Waals surface area contributed by atoms with Gasteiger partial charge in [0.15, 0.2) is 0 Å². The van der Waals surface area contributed by atoms with E-state index in [-0.39, 0.29) is 5.97 Å². The lowest BCUT2D eigenvalue weighted by atomic mass is 10.2. The van der Waals surface area contributed by atoms with Crippen molar-refractivity contribution in [3.8, 4) is 0 Å². The molecule has 4 nitrogen and oxygen atoms in total. The molecule has 1 unspecified atom stereocenters. The van der Waals surface area contributed by atoms with Gasteiger partial charge in [0.2, 0.25) is 0 Å². The predicted octanol–water partition coefficient (Wildman–Crippen LogP) is 0.784. The molecule has 1 fully saturated rings. The van der Waals surface area contributed by atoms with E-state index in [4.69, 9.17) is 4.74 Å². The lowest BCUT2D eigenvalue weighted by Crippen LogP contribution is -2.41. The topological polar surface area (TPSA) is 38.8 Å². The molecule has 0 aromatic heterocycles. The summed E-state index contributed by atoms with van der Waals surface area (Å²) in [4.78, 5) is 13.0. The third-order valence-electron chi connectivity index (χ3n) is 2.35. The second-order valence-corrected chi connectivity index (χ2v) is 3.21. The standard InChI is InChI=1S/C10H17NO3/c1-3-9-8-14-7-6-11(9)5-4-10(12)13-2/h4-5,9H,3,6-8H2,1-2H3. The van der Waals surface area contributed by atoms with Crippen molar-refractivity contribution in [2.75, 3.05) is 26.9 Å². The van der Waals surface area contributed by atoms with Crippen LogP contribution < -0.4 is 0 Å². The first-order chi connectivity index (χ1) is 6.77. The van der Waals surface area contributed by atoms with Crippen LogP contribution in [0.25, 0.3) is 0 Å². The van der Waals surface area contributed by atoms with Gasteiger partial charge in [-0.1, -0.05) is 6.92 Å². The van der Waals surface area contributed by atoms with Crippen molar-refractivity contribution < 1.29 is 14.3 Å². The van der Waals surface area contributed by atoms with E-state index in [1.165, 1.54) is 13.2 Å². The molecule has 0 radical (unpaired) electrons. The van der Waals surface area contributed by atoms with Crippen LogP contribution in [0.4, 0.5) is 0 Å². The number of methoxy groups -OCH3 is 1. The van der Waals surface area contributed by atoms with Gasteiger partial charge in [0.25, 0.3) is 0 Å². The zero-order valence-electron chi connectivity index (χ0n) is 8.73. The molecular weight excluding hydrogens is 182 g/mol. The highest BCUT2D eigenvalue weighted by atomic mass is 16.5. The Morgan fingerprint density at radius 1 is 1.71 bits per heavy atom. The van der Waals surface area contributed by atoms with Crippen LogP contribution in [0.3, 0.4) is 0 Å². The van der Waals surface area contributed by atoms with Crippen molar-refractivity contribution >= 4 is 5.97 Å². The third-order valence-corrected chi connectivity index (χ3v) is 2.35. The van der Waals surface area contributed by atoms with Crippen LogP contribution in [0.1, 0.15) is 13.3 Å². The SMILES string of the molecule is CCC1COCCN1C=CC(=O)OC. The molecule has 0 aromatic rings. The first-order valence-corrected chi connectivity index (χ1v) is 4.87. The van der Waals surface area contributed by atoms with Crippen molar-refractivity contribution in [3.63, 3.8) is 0 Å². The Bertz CT molecular complexity index is 215. The second-order valence-electron chi connectivity index (χ2n) is 3.21. The molecule has 0 amide bonds. The number of esters is 1. The van der Waals surface area contributed by atoms with Crippen LogP contribution in [0.15, 0.2) is 12.3 Å². The summed E-state index contributed by atoms with van der Waals surface area (Å²) < 4.78 is 9.87. The largest absolute Gasteiger partial charge is 0.466 e. The lowest BCUT2D eigenvalue weighted by molar-refractivity contribution is -0.134. The van der Waals surface area contributed by atoms with Gasteiger partial charge in [0, 0.05) is 18.8 Å². The summed E-state index contributed by atoms with van der Waals surface area (Å²) in [6.07, 6.45) is 4.27. The number of morpholine rings is 1. The molecule has 0 spiro atoms. The van der Waals surface area contributed by atoms with E-state index < -0.39 is 0 Å². The summed E-state index contributed by atoms with van der Waals surface area (Å²) in [5.74, 6) is -0.314. The molecule has 14 heavy (non-hydrogen) atoms. The van der Waals surface area contributed by atoms with Gasteiger partial charge in [-0.15, -0.1) is 0 Å². The fourth-order valence-electron chi connectivity index (χ4n) is 1.44.